The van der Waals surface area contributed by atoms with Crippen LogP contribution in [0.1, 0.15) is 5.56 Å². The van der Waals surface area contributed by atoms with Gasteiger partial charge in [-0.2, -0.15) is 35.6 Å². The number of pyridine rings is 7. The first kappa shape index (κ1) is 108. The molecule has 17 heterocycles. The van der Waals surface area contributed by atoms with E-state index in [1.807, 2.05) is 59.5 Å². The van der Waals surface area contributed by atoms with Crippen molar-refractivity contribution in [2.75, 3.05) is 35.2 Å². The third-order valence-electron chi connectivity index (χ3n) is 15.0. The number of nitrogens with zero attached hydrogens (tertiary/aromatic N) is 36. The normalized spacial score (nSPS) is 11.6. The molecule has 3 aromatic carbocycles. The van der Waals surface area contributed by atoms with Crippen molar-refractivity contribution in [3.63, 3.8) is 0 Å². The Bertz CT molecular complexity index is 6280. The fourth-order valence-electron chi connectivity index (χ4n) is 9.34. The Kier molecular flexibility index (Phi) is 46.0. The second kappa shape index (κ2) is 57.5. The summed E-state index contributed by atoms with van der Waals surface area (Å²) < 4.78 is 120. The Morgan fingerprint density at radius 1 is 0.311 bits per heavy atom. The van der Waals surface area contributed by atoms with Crippen LogP contribution in [0.15, 0.2) is 247 Å². The van der Waals surface area contributed by atoms with E-state index in [4.69, 9.17) is 5.26 Å². The van der Waals surface area contributed by atoms with Gasteiger partial charge < -0.3 is 24.9 Å². The van der Waals surface area contributed by atoms with Gasteiger partial charge in [0.2, 0.25) is 25.5 Å². The molecule has 15 aromatic rings. The molecule has 5 radical (unpaired) electrons. The van der Waals surface area contributed by atoms with E-state index in [-0.39, 0.29) is 146 Å². The fourth-order valence-corrected chi connectivity index (χ4v) is 9.34. The van der Waals surface area contributed by atoms with Gasteiger partial charge in [0.1, 0.15) is 125 Å². The summed E-state index contributed by atoms with van der Waals surface area (Å²) in [5.41, 5.74) is 4.00. The first-order valence-corrected chi connectivity index (χ1v) is 36.6. The van der Waals surface area contributed by atoms with Gasteiger partial charge in [0.05, 0.1) is 70.2 Å². The van der Waals surface area contributed by atoms with Crippen LogP contribution in [-0.2, 0) is 101 Å². The van der Waals surface area contributed by atoms with Gasteiger partial charge in [-0.25, -0.2) is 32.5 Å². The zero-order valence-corrected chi connectivity index (χ0v) is 81.4. The Labute approximate surface area is 829 Å². The minimum absolute atomic E-state index is 0. The molecule has 0 unspecified atom stereocenters. The van der Waals surface area contributed by atoms with E-state index in [2.05, 4.69) is 216 Å². The maximum atomic E-state index is 13.6. The molecule has 0 spiro atoms. The first-order valence-electron chi connectivity index (χ1n) is 36.6. The Hall–Kier alpha value is -15.7. The van der Waals surface area contributed by atoms with Crippen LogP contribution in [0.3, 0.4) is 0 Å². The molecule has 0 aliphatic carbocycles. The predicted molar refractivity (Wildman–Crippen MR) is 438 cm³/mol. The summed E-state index contributed by atoms with van der Waals surface area (Å²) in [6.07, 6.45) is 38.7. The molecule has 135 heavy (non-hydrogen) atoms. The van der Waals surface area contributed by atoms with Gasteiger partial charge in [-0.1, -0.05) is 71.4 Å². The number of halogens is 8. The standard InChI is InChI=1S/C11H4F2N3.2C9H4F2N3.C9H6N3.C8H3F2N4.5C8H7N4.5Ir/c12-9-3-2-7(10(13)8(9)6-14)11-15-4-1-5-16-11;10-7-3-2-6(8(11)14-7)9-12-4-1-5-13-9;10-6-1-2-7(8(11)3-6)9-13-4-12-5-14-9;1-2-4-8(5-3-1)9-11-6-10-7-12-9;9-6-2-1-5(7(10)14-6)8-12-3-11-4-13-8;5*1-11-6-10-12(7-11)8-3-2-4-9-5-8;;;;;/h1,3-5H;2*1,3-5H;1-4,6-7H;2-4H;5*2,4-6H,1H3;;;;;/q5*-1;5*+1;;;;;. The molecule has 5 aliphatic rings. The molecule has 0 saturated carbocycles. The second-order valence-corrected chi connectivity index (χ2v) is 24.3. The smallest absolute Gasteiger partial charge is 0.386 e. The fraction of sp³-hybridized carbons (Fsp3) is 0.0581. The number of hydrazone groups is 5. The molecule has 0 atom stereocenters. The van der Waals surface area contributed by atoms with E-state index in [0.717, 1.165) is 64.3 Å². The van der Waals surface area contributed by atoms with Gasteiger partial charge >= 0.3 is 61.7 Å². The SMILES string of the molecule is C[N+]1=C=[N+](c2[c-]ccnc2)N=C1.C[N+]1=C=[N+](c2[c-]ccnc2)N=C1.C[N+]1=C=[N+](c2[c-]ccnc2)N=C1.C[N+]1=C=[N+](c2[c-]ccnc2)N=C1.C[N+]1=C=[N+](c2[c-]ccnc2)N=C1.Fc1c[c-]c(-c2ncccn2)c(F)n1.Fc1c[c-]c(-c2ncncn2)c(F)c1.Fc1c[c-]c(-c2ncncn2)c(F)n1.N#Cc1c(F)c[c-]c(-c2ncccn2)c1F.[Ir].[Ir].[Ir].[Ir].[Ir].[c-]1ccccc1-c1ncncn1. The summed E-state index contributed by atoms with van der Waals surface area (Å²) >= 11 is 0. The maximum absolute atomic E-state index is 13.6. The van der Waals surface area contributed by atoms with Crippen molar-refractivity contribution < 1.29 is 182 Å². The third kappa shape index (κ3) is 34.5. The first-order chi connectivity index (χ1) is 63.3. The van der Waals surface area contributed by atoms with Crippen LogP contribution < -0.4 is 0 Å². The Balaban J connectivity index is 0.000000230. The largest absolute Gasteiger partial charge is 0.420 e. The third-order valence-corrected chi connectivity index (χ3v) is 15.0. The summed E-state index contributed by atoms with van der Waals surface area (Å²) in [6.45, 7) is 0. The number of rotatable bonds is 10. The predicted octanol–water partition coefficient (Wildman–Crippen LogP) is 9.16. The van der Waals surface area contributed by atoms with Crippen molar-refractivity contribution in [3.05, 3.63) is 335 Å². The molecule has 20 rings (SSSR count). The van der Waals surface area contributed by atoms with Gasteiger partial charge in [0.25, 0.3) is 0 Å². The van der Waals surface area contributed by atoms with Crippen LogP contribution in [0.2, 0.25) is 0 Å². The van der Waals surface area contributed by atoms with Gasteiger partial charge in [0, 0.05) is 143 Å². The summed E-state index contributed by atoms with van der Waals surface area (Å²) in [4.78, 5) is 74.6. The molecule has 0 N–H and O–H groups in total. The van der Waals surface area contributed by atoms with Crippen LogP contribution in [0.5, 0.6) is 0 Å². The minimum atomic E-state index is -0.992. The van der Waals surface area contributed by atoms with Gasteiger partial charge in [-0.3, -0.25) is 77.4 Å². The van der Waals surface area contributed by atoms with Crippen LogP contribution in [0, 0.1) is 119 Å². The Morgan fingerprint density at radius 2 is 0.622 bits per heavy atom. The average Bonchev–Trinajstić information content (AvgIpc) is 1.80. The van der Waals surface area contributed by atoms with E-state index < -0.39 is 52.6 Å². The molecule has 0 saturated heterocycles. The molecule has 0 bridgehead atoms. The average molecular weight is 2710 g/mol. The number of benzene rings is 3. The number of hydrogen-bond acceptors (Lipinski definition) is 26. The molecular formula is C86H56F8Ir5N36. The number of hydrogen-bond donors (Lipinski definition) is 0. The van der Waals surface area contributed by atoms with E-state index in [9.17, 15) is 35.1 Å². The topological polar surface area (TPSA) is 373 Å². The molecule has 5 aliphatic heterocycles. The quantitative estimate of drug-likeness (QED) is 0.0532. The minimum Gasteiger partial charge on any atom is -0.386 e. The van der Waals surface area contributed by atoms with Crippen LogP contribution in [0.4, 0.5) is 63.6 Å². The van der Waals surface area contributed by atoms with E-state index in [0.29, 0.717) is 5.82 Å². The molecule has 49 heteroatoms. The van der Waals surface area contributed by atoms with Gasteiger partial charge in [-0.15, -0.1) is 126 Å². The summed E-state index contributed by atoms with van der Waals surface area (Å²) in [5, 5.41) is 28.8. The van der Waals surface area contributed by atoms with Crippen molar-refractivity contribution in [2.24, 2.45) is 25.5 Å². The van der Waals surface area contributed by atoms with Crippen molar-refractivity contribution in [2.45, 2.75) is 0 Å². The van der Waals surface area contributed by atoms with E-state index in [1.165, 1.54) is 68.8 Å². The number of aromatic nitrogens is 20. The molecular weight excluding hydrogens is 2650 g/mol. The van der Waals surface area contributed by atoms with Crippen molar-refractivity contribution >= 4 is 90.2 Å². The second-order valence-electron chi connectivity index (χ2n) is 24.3. The maximum Gasteiger partial charge on any atom is 0.420 e. The van der Waals surface area contributed by atoms with Crippen molar-refractivity contribution in [1.29, 1.82) is 5.26 Å². The monoisotopic (exact) mass is 2710 g/mol. The zero-order chi connectivity index (χ0) is 91.6. The molecule has 12 aromatic heterocycles. The summed E-state index contributed by atoms with van der Waals surface area (Å²) in [6, 6.07) is 67.7. The van der Waals surface area contributed by atoms with E-state index >= 15 is 0 Å². The van der Waals surface area contributed by atoms with E-state index in [1.54, 1.807) is 182 Å². The number of nitriles is 1. The van der Waals surface area contributed by atoms with Crippen molar-refractivity contribution in [3.8, 4) is 63.0 Å². The van der Waals surface area contributed by atoms with Gasteiger partial charge in [0.15, 0.2) is 0 Å². The Morgan fingerprint density at radius 3 is 0.911 bits per heavy atom. The van der Waals surface area contributed by atoms with Crippen LogP contribution >= 0.6 is 0 Å². The zero-order valence-electron chi connectivity index (χ0n) is 69.5. The van der Waals surface area contributed by atoms with Crippen molar-refractivity contribution in [1.82, 2.24) is 99.7 Å². The van der Waals surface area contributed by atoms with Crippen LogP contribution in [0.25, 0.3) is 56.9 Å². The molecule has 681 valence electrons. The molecule has 0 fully saturated rings. The van der Waals surface area contributed by atoms with Crippen LogP contribution in [-0.4, -0.2) is 243 Å². The molecule has 36 nitrogen and oxygen atoms in total. The summed E-state index contributed by atoms with van der Waals surface area (Å²) in [7, 11) is 9.30. The molecule has 0 amide bonds. The summed E-state index contributed by atoms with van der Waals surface area (Å²) in [5.74, 6) is -6.08. The van der Waals surface area contributed by atoms with Gasteiger partial charge in [-0.05, 0) is 43.1 Å².